The Labute approximate surface area is 119 Å². The van der Waals surface area contributed by atoms with Gasteiger partial charge in [-0.25, -0.2) is 4.98 Å². The molecule has 1 aromatic rings. The van der Waals surface area contributed by atoms with Gasteiger partial charge in [-0.05, 0) is 45.6 Å². The lowest BCUT2D eigenvalue weighted by Gasteiger charge is -2.33. The summed E-state index contributed by atoms with van der Waals surface area (Å²) >= 11 is 1.52. The Morgan fingerprint density at radius 1 is 1.32 bits per heavy atom. The molecule has 0 spiro atoms. The van der Waals surface area contributed by atoms with Gasteiger partial charge < -0.3 is 10.2 Å². The van der Waals surface area contributed by atoms with Crippen LogP contribution < -0.4 is 5.32 Å². The molecule has 2 aliphatic rings. The molecule has 1 aliphatic heterocycles. The third-order valence-corrected chi connectivity index (χ3v) is 4.91. The van der Waals surface area contributed by atoms with E-state index in [9.17, 15) is 0 Å². The molecule has 1 atom stereocenters. The van der Waals surface area contributed by atoms with Crippen LogP contribution in [-0.4, -0.2) is 39.9 Å². The van der Waals surface area contributed by atoms with Crippen molar-refractivity contribution in [1.82, 2.24) is 14.3 Å². The largest absolute Gasteiger partial charge is 0.360 e. The van der Waals surface area contributed by atoms with Crippen LogP contribution in [0.25, 0.3) is 0 Å². The van der Waals surface area contributed by atoms with Crippen molar-refractivity contribution in [3.63, 3.8) is 0 Å². The number of hydrogen-bond donors (Lipinski definition) is 1. The first-order valence-electron chi connectivity index (χ1n) is 7.64. The Morgan fingerprint density at radius 3 is 3.00 bits per heavy atom. The summed E-state index contributed by atoms with van der Waals surface area (Å²) in [5, 5.41) is 4.43. The van der Waals surface area contributed by atoms with Crippen molar-refractivity contribution in [3.05, 3.63) is 5.82 Å². The Morgan fingerprint density at radius 2 is 2.21 bits per heavy atom. The lowest BCUT2D eigenvalue weighted by Crippen LogP contribution is -2.38. The van der Waals surface area contributed by atoms with Crippen molar-refractivity contribution in [2.24, 2.45) is 0 Å². The number of nitrogens with one attached hydrogen (secondary N) is 1. The number of anilines is 1. The van der Waals surface area contributed by atoms with Gasteiger partial charge in [0.1, 0.15) is 5.82 Å². The minimum Gasteiger partial charge on any atom is -0.360 e. The van der Waals surface area contributed by atoms with Crippen molar-refractivity contribution in [2.45, 2.75) is 57.4 Å². The summed E-state index contributed by atoms with van der Waals surface area (Å²) in [7, 11) is 0. The standard InChI is InChI=1S/C14H24N4S/c1-11-5-2-3-9-18(11)10-4-8-15-14-16-13(17-19-14)12-6-7-12/h11-12H,2-10H2,1H3,(H,15,16,17). The average molecular weight is 280 g/mol. The molecule has 0 amide bonds. The molecule has 5 heteroatoms. The number of rotatable bonds is 6. The fourth-order valence-corrected chi connectivity index (χ4v) is 3.45. The van der Waals surface area contributed by atoms with Crippen molar-refractivity contribution in [2.75, 3.05) is 25.0 Å². The van der Waals surface area contributed by atoms with Gasteiger partial charge in [-0.2, -0.15) is 4.37 Å². The first-order chi connectivity index (χ1) is 9.33. The van der Waals surface area contributed by atoms with E-state index in [-0.39, 0.29) is 0 Å². The molecular formula is C14H24N4S. The third-order valence-electron chi connectivity index (χ3n) is 4.22. The van der Waals surface area contributed by atoms with Gasteiger partial charge in [0.2, 0.25) is 5.13 Å². The van der Waals surface area contributed by atoms with E-state index in [1.807, 2.05) is 0 Å². The minimum atomic E-state index is 0.668. The zero-order chi connectivity index (χ0) is 13.1. The Balaban J connectivity index is 1.35. The van der Waals surface area contributed by atoms with Crippen LogP contribution >= 0.6 is 11.5 Å². The quantitative estimate of drug-likeness (QED) is 0.813. The molecule has 0 aromatic carbocycles. The molecule has 0 radical (unpaired) electrons. The average Bonchev–Trinajstić information content (AvgIpc) is 3.17. The van der Waals surface area contributed by atoms with Gasteiger partial charge in [0, 0.05) is 36.6 Å². The second kappa shape index (κ2) is 6.18. The van der Waals surface area contributed by atoms with E-state index in [4.69, 9.17) is 0 Å². The molecule has 1 aromatic heterocycles. The number of hydrogen-bond acceptors (Lipinski definition) is 5. The lowest BCUT2D eigenvalue weighted by atomic mass is 10.0. The third kappa shape index (κ3) is 3.66. The molecule has 2 heterocycles. The topological polar surface area (TPSA) is 41.0 Å². The van der Waals surface area contributed by atoms with Gasteiger partial charge in [0.15, 0.2) is 0 Å². The normalized spacial score (nSPS) is 24.6. The Kier molecular flexibility index (Phi) is 4.33. The second-order valence-corrected chi connectivity index (χ2v) is 6.64. The minimum absolute atomic E-state index is 0.668. The monoisotopic (exact) mass is 280 g/mol. The molecular weight excluding hydrogens is 256 g/mol. The van der Waals surface area contributed by atoms with E-state index < -0.39 is 0 Å². The van der Waals surface area contributed by atoms with Crippen molar-refractivity contribution in [1.29, 1.82) is 0 Å². The maximum atomic E-state index is 4.55. The molecule has 1 unspecified atom stereocenters. The summed E-state index contributed by atoms with van der Waals surface area (Å²) in [5.74, 6) is 1.73. The van der Waals surface area contributed by atoms with Gasteiger partial charge in [0.05, 0.1) is 0 Å². The molecule has 4 nitrogen and oxygen atoms in total. The lowest BCUT2D eigenvalue weighted by molar-refractivity contribution is 0.160. The Hall–Kier alpha value is -0.680. The van der Waals surface area contributed by atoms with Crippen LogP contribution in [-0.2, 0) is 0 Å². The summed E-state index contributed by atoms with van der Waals surface area (Å²) in [6.45, 7) is 5.87. The summed E-state index contributed by atoms with van der Waals surface area (Å²) in [4.78, 5) is 7.18. The van der Waals surface area contributed by atoms with Crippen LogP contribution in [0.2, 0.25) is 0 Å². The SMILES string of the molecule is CC1CCCCN1CCCNc1nc(C2CC2)ns1. The predicted octanol–water partition coefficient (Wildman–Crippen LogP) is 3.09. The van der Waals surface area contributed by atoms with E-state index >= 15 is 0 Å². The summed E-state index contributed by atoms with van der Waals surface area (Å²) in [6, 6.07) is 0.775. The van der Waals surface area contributed by atoms with E-state index in [0.29, 0.717) is 5.92 Å². The van der Waals surface area contributed by atoms with Crippen LogP contribution in [0.15, 0.2) is 0 Å². The van der Waals surface area contributed by atoms with Gasteiger partial charge >= 0.3 is 0 Å². The highest BCUT2D eigenvalue weighted by Gasteiger charge is 2.27. The molecule has 1 aliphatic carbocycles. The number of piperidine rings is 1. The molecule has 3 rings (SSSR count). The highest BCUT2D eigenvalue weighted by atomic mass is 32.1. The van der Waals surface area contributed by atoms with E-state index in [1.54, 1.807) is 0 Å². The van der Waals surface area contributed by atoms with E-state index in [1.165, 1.54) is 63.1 Å². The zero-order valence-corrected chi connectivity index (χ0v) is 12.6. The molecule has 0 bridgehead atoms. The van der Waals surface area contributed by atoms with Crippen LogP contribution in [0, 0.1) is 0 Å². The maximum absolute atomic E-state index is 4.55. The molecule has 106 valence electrons. The maximum Gasteiger partial charge on any atom is 0.202 e. The van der Waals surface area contributed by atoms with Crippen molar-refractivity contribution in [3.8, 4) is 0 Å². The fraction of sp³-hybridized carbons (Fsp3) is 0.857. The molecule has 19 heavy (non-hydrogen) atoms. The predicted molar refractivity (Wildman–Crippen MR) is 79.9 cm³/mol. The van der Waals surface area contributed by atoms with Crippen LogP contribution in [0.3, 0.4) is 0 Å². The van der Waals surface area contributed by atoms with Gasteiger partial charge in [-0.3, -0.25) is 0 Å². The molecule has 1 saturated carbocycles. The highest BCUT2D eigenvalue weighted by Crippen LogP contribution is 2.39. The second-order valence-electron chi connectivity index (χ2n) is 5.89. The molecule has 2 fully saturated rings. The first-order valence-corrected chi connectivity index (χ1v) is 8.42. The summed E-state index contributed by atoms with van der Waals surface area (Å²) < 4.78 is 4.42. The smallest absolute Gasteiger partial charge is 0.202 e. The number of nitrogens with zero attached hydrogens (tertiary/aromatic N) is 3. The van der Waals surface area contributed by atoms with Crippen molar-refractivity contribution < 1.29 is 0 Å². The zero-order valence-electron chi connectivity index (χ0n) is 11.8. The van der Waals surface area contributed by atoms with E-state index in [0.717, 1.165) is 23.5 Å². The van der Waals surface area contributed by atoms with Crippen LogP contribution in [0.1, 0.15) is 57.2 Å². The first kappa shape index (κ1) is 13.3. The highest BCUT2D eigenvalue weighted by molar-refractivity contribution is 7.09. The Bertz CT molecular complexity index is 402. The fourth-order valence-electron chi connectivity index (χ4n) is 2.78. The van der Waals surface area contributed by atoms with Crippen molar-refractivity contribution >= 4 is 16.7 Å². The molecule has 1 saturated heterocycles. The summed E-state index contributed by atoms with van der Waals surface area (Å²) in [5.41, 5.74) is 0. The van der Waals surface area contributed by atoms with Crippen LogP contribution in [0.4, 0.5) is 5.13 Å². The van der Waals surface area contributed by atoms with Gasteiger partial charge in [-0.1, -0.05) is 6.42 Å². The van der Waals surface area contributed by atoms with Crippen LogP contribution in [0.5, 0.6) is 0 Å². The molecule has 1 N–H and O–H groups in total. The van der Waals surface area contributed by atoms with Gasteiger partial charge in [0.25, 0.3) is 0 Å². The van der Waals surface area contributed by atoms with Gasteiger partial charge in [-0.15, -0.1) is 0 Å². The van der Waals surface area contributed by atoms with E-state index in [2.05, 4.69) is 26.5 Å². The number of likely N-dealkylation sites (tertiary alicyclic amines) is 1. The number of aromatic nitrogens is 2. The summed E-state index contributed by atoms with van der Waals surface area (Å²) in [6.07, 6.45) is 7.91.